The van der Waals surface area contributed by atoms with Gasteiger partial charge in [0.25, 0.3) is 5.56 Å². The molecule has 0 amide bonds. The fraction of sp³-hybridized carbons (Fsp3) is 0.250. The molecule has 18 heavy (non-hydrogen) atoms. The lowest BCUT2D eigenvalue weighted by Gasteiger charge is -2.10. The van der Waals surface area contributed by atoms with Gasteiger partial charge in [-0.25, -0.2) is 4.98 Å². The van der Waals surface area contributed by atoms with Crippen LogP contribution in [-0.4, -0.2) is 31.8 Å². The number of rotatable bonds is 4. The summed E-state index contributed by atoms with van der Waals surface area (Å²) in [5.41, 5.74) is 0.288. The highest BCUT2D eigenvalue weighted by Gasteiger charge is 2.12. The van der Waals surface area contributed by atoms with Crippen LogP contribution in [0.2, 0.25) is 0 Å². The van der Waals surface area contributed by atoms with E-state index >= 15 is 0 Å². The van der Waals surface area contributed by atoms with Crippen molar-refractivity contribution in [1.82, 2.24) is 9.55 Å². The number of carboxylic acid groups (broad SMARTS) is 1. The van der Waals surface area contributed by atoms with Gasteiger partial charge in [0.2, 0.25) is 0 Å². The molecule has 6 nitrogen and oxygen atoms in total. The summed E-state index contributed by atoms with van der Waals surface area (Å²) in [5.74, 6) is -1.11. The van der Waals surface area contributed by atoms with Crippen LogP contribution in [0.5, 0.6) is 0 Å². The lowest BCUT2D eigenvalue weighted by atomic mass is 10.2. The third-order valence-electron chi connectivity index (χ3n) is 2.55. The molecule has 1 heterocycles. The molecular formula is C12H12N2O4. The summed E-state index contributed by atoms with van der Waals surface area (Å²) in [5, 5.41) is 18.5. The summed E-state index contributed by atoms with van der Waals surface area (Å²) in [6.07, 6.45) is -0.196. The van der Waals surface area contributed by atoms with Crippen molar-refractivity contribution in [3.05, 3.63) is 40.9 Å². The van der Waals surface area contributed by atoms with Gasteiger partial charge in [0.05, 0.1) is 36.3 Å². The number of benzene rings is 1. The number of aliphatic carboxylic acids is 1. The minimum absolute atomic E-state index is 0.0804. The maximum Gasteiger partial charge on any atom is 0.306 e. The molecule has 1 atom stereocenters. The van der Waals surface area contributed by atoms with Gasteiger partial charge in [0.15, 0.2) is 0 Å². The zero-order valence-corrected chi connectivity index (χ0v) is 9.48. The van der Waals surface area contributed by atoms with E-state index in [-0.39, 0.29) is 12.1 Å². The number of carboxylic acids is 1. The first kappa shape index (κ1) is 12.3. The molecule has 2 rings (SSSR count). The van der Waals surface area contributed by atoms with Crippen LogP contribution in [0, 0.1) is 0 Å². The molecule has 1 unspecified atom stereocenters. The van der Waals surface area contributed by atoms with E-state index in [1.807, 2.05) is 0 Å². The van der Waals surface area contributed by atoms with Crippen molar-refractivity contribution in [3.63, 3.8) is 0 Å². The van der Waals surface area contributed by atoms with E-state index in [1.54, 1.807) is 24.3 Å². The second-order valence-corrected chi connectivity index (χ2v) is 3.97. The molecule has 1 aromatic heterocycles. The zero-order valence-electron chi connectivity index (χ0n) is 9.48. The molecule has 0 bridgehead atoms. The van der Waals surface area contributed by atoms with Gasteiger partial charge in [-0.2, -0.15) is 0 Å². The van der Waals surface area contributed by atoms with Crippen molar-refractivity contribution >= 4 is 16.9 Å². The van der Waals surface area contributed by atoms with E-state index in [4.69, 9.17) is 5.11 Å². The molecule has 6 heteroatoms. The Labute approximate surface area is 102 Å². The Kier molecular flexibility index (Phi) is 3.38. The van der Waals surface area contributed by atoms with Gasteiger partial charge < -0.3 is 10.2 Å². The predicted molar refractivity (Wildman–Crippen MR) is 64.3 cm³/mol. The van der Waals surface area contributed by atoms with Gasteiger partial charge in [0, 0.05) is 0 Å². The topological polar surface area (TPSA) is 92.4 Å². The molecule has 94 valence electrons. The maximum atomic E-state index is 12.0. The number of aliphatic hydroxyl groups is 1. The first-order chi connectivity index (χ1) is 8.58. The largest absolute Gasteiger partial charge is 0.481 e. The van der Waals surface area contributed by atoms with Crippen LogP contribution in [0.15, 0.2) is 35.4 Å². The van der Waals surface area contributed by atoms with E-state index in [0.717, 1.165) is 0 Å². The maximum absolute atomic E-state index is 12.0. The Hall–Kier alpha value is -2.21. The van der Waals surface area contributed by atoms with Crippen molar-refractivity contribution in [3.8, 4) is 0 Å². The summed E-state index contributed by atoms with van der Waals surface area (Å²) < 4.78 is 1.22. The zero-order chi connectivity index (χ0) is 13.1. The Morgan fingerprint density at radius 2 is 2.11 bits per heavy atom. The number of hydrogen-bond acceptors (Lipinski definition) is 4. The Balaban J connectivity index is 2.32. The van der Waals surface area contributed by atoms with Crippen LogP contribution < -0.4 is 5.56 Å². The number of fused-ring (bicyclic) bond motifs is 1. The highest BCUT2D eigenvalue weighted by Crippen LogP contribution is 2.05. The van der Waals surface area contributed by atoms with Crippen LogP contribution >= 0.6 is 0 Å². The standard InChI is InChI=1S/C12H12N2O4/c15-8(5-11(16)17)6-14-7-13-10-4-2-1-3-9(10)12(14)18/h1-4,7-8,15H,5-6H2,(H,16,17). The van der Waals surface area contributed by atoms with Crippen LogP contribution in [-0.2, 0) is 11.3 Å². The molecule has 0 spiro atoms. The molecule has 0 saturated carbocycles. The molecule has 2 N–H and O–H groups in total. The molecule has 2 aromatic rings. The van der Waals surface area contributed by atoms with Gasteiger partial charge in [-0.3, -0.25) is 14.2 Å². The summed E-state index contributed by atoms with van der Waals surface area (Å²) in [6, 6.07) is 6.86. The van der Waals surface area contributed by atoms with Gasteiger partial charge in [-0.05, 0) is 12.1 Å². The fourth-order valence-electron chi connectivity index (χ4n) is 1.73. The monoisotopic (exact) mass is 248 g/mol. The van der Waals surface area contributed by atoms with Crippen molar-refractivity contribution in [2.75, 3.05) is 0 Å². The van der Waals surface area contributed by atoms with Gasteiger partial charge in [0.1, 0.15) is 0 Å². The van der Waals surface area contributed by atoms with E-state index < -0.39 is 18.5 Å². The van der Waals surface area contributed by atoms with Crippen molar-refractivity contribution in [1.29, 1.82) is 0 Å². The van der Waals surface area contributed by atoms with E-state index in [9.17, 15) is 14.7 Å². The van der Waals surface area contributed by atoms with E-state index in [1.165, 1.54) is 10.9 Å². The quantitative estimate of drug-likeness (QED) is 0.808. The van der Waals surface area contributed by atoms with E-state index in [2.05, 4.69) is 4.98 Å². The Morgan fingerprint density at radius 1 is 1.39 bits per heavy atom. The van der Waals surface area contributed by atoms with Gasteiger partial charge in [-0.15, -0.1) is 0 Å². The number of hydrogen-bond donors (Lipinski definition) is 2. The summed E-state index contributed by atoms with van der Waals surface area (Å²) >= 11 is 0. The molecule has 0 aliphatic carbocycles. The second-order valence-electron chi connectivity index (χ2n) is 3.97. The molecule has 0 aliphatic rings. The molecule has 0 aliphatic heterocycles. The second kappa shape index (κ2) is 4.97. The third-order valence-corrected chi connectivity index (χ3v) is 2.55. The Bertz CT molecular complexity index is 635. The van der Waals surface area contributed by atoms with Crippen LogP contribution in [0.3, 0.4) is 0 Å². The first-order valence-electron chi connectivity index (χ1n) is 5.42. The minimum Gasteiger partial charge on any atom is -0.481 e. The summed E-state index contributed by atoms with van der Waals surface area (Å²) in [6.45, 7) is -0.0804. The summed E-state index contributed by atoms with van der Waals surface area (Å²) in [4.78, 5) is 26.5. The number of nitrogens with zero attached hydrogens (tertiary/aromatic N) is 2. The number of aliphatic hydroxyl groups excluding tert-OH is 1. The lowest BCUT2D eigenvalue weighted by Crippen LogP contribution is -2.28. The van der Waals surface area contributed by atoms with Gasteiger partial charge in [-0.1, -0.05) is 12.1 Å². The highest BCUT2D eigenvalue weighted by molar-refractivity contribution is 5.76. The number of aromatic nitrogens is 2. The predicted octanol–water partition coefficient (Wildman–Crippen LogP) is 0.232. The fourth-order valence-corrected chi connectivity index (χ4v) is 1.73. The first-order valence-corrected chi connectivity index (χ1v) is 5.42. The smallest absolute Gasteiger partial charge is 0.306 e. The molecule has 0 radical (unpaired) electrons. The van der Waals surface area contributed by atoms with Crippen molar-refractivity contribution < 1.29 is 15.0 Å². The lowest BCUT2D eigenvalue weighted by molar-refractivity contribution is -0.139. The number of carbonyl (C=O) groups is 1. The van der Waals surface area contributed by atoms with Gasteiger partial charge >= 0.3 is 5.97 Å². The number of para-hydroxylation sites is 1. The molecule has 1 aromatic carbocycles. The Morgan fingerprint density at radius 3 is 2.83 bits per heavy atom. The molecule has 0 saturated heterocycles. The normalized spacial score (nSPS) is 12.5. The SMILES string of the molecule is O=C(O)CC(O)Cn1cnc2ccccc2c1=O. The van der Waals surface area contributed by atoms with Crippen LogP contribution in [0.1, 0.15) is 6.42 Å². The van der Waals surface area contributed by atoms with Crippen LogP contribution in [0.25, 0.3) is 10.9 Å². The summed E-state index contributed by atoms with van der Waals surface area (Å²) in [7, 11) is 0. The van der Waals surface area contributed by atoms with Crippen LogP contribution in [0.4, 0.5) is 0 Å². The van der Waals surface area contributed by atoms with Crippen molar-refractivity contribution in [2.45, 2.75) is 19.1 Å². The average Bonchev–Trinajstić information content (AvgIpc) is 2.32. The third kappa shape index (κ3) is 2.54. The van der Waals surface area contributed by atoms with E-state index in [0.29, 0.717) is 10.9 Å². The highest BCUT2D eigenvalue weighted by atomic mass is 16.4. The van der Waals surface area contributed by atoms with Crippen molar-refractivity contribution in [2.24, 2.45) is 0 Å². The molecule has 0 fully saturated rings. The minimum atomic E-state index is -1.11. The molecular weight excluding hydrogens is 236 g/mol. The average molecular weight is 248 g/mol.